The van der Waals surface area contributed by atoms with Crippen molar-refractivity contribution in [2.75, 3.05) is 26.2 Å². The number of benzene rings is 1. The molecule has 4 heteroatoms. The molecule has 1 aliphatic rings. The molecule has 4 nitrogen and oxygen atoms in total. The molecule has 1 N–H and O–H groups in total. The molecule has 1 aliphatic heterocycles. The van der Waals surface area contributed by atoms with Gasteiger partial charge in [-0.15, -0.1) is 0 Å². The molecule has 1 aromatic carbocycles. The molecule has 126 valence electrons. The Labute approximate surface area is 138 Å². The number of piperidine rings is 1. The highest BCUT2D eigenvalue weighted by atomic mass is 16.4. The highest BCUT2D eigenvalue weighted by Gasteiger charge is 2.38. The smallest absolute Gasteiger partial charge is 0.312 e. The second-order valence-corrected chi connectivity index (χ2v) is 6.99. The van der Waals surface area contributed by atoms with Crippen LogP contribution in [0.3, 0.4) is 0 Å². The number of carbonyl (C=O) groups is 2. The molecule has 23 heavy (non-hydrogen) atoms. The molecule has 0 spiro atoms. The lowest BCUT2D eigenvalue weighted by Crippen LogP contribution is -2.57. The number of carbonyl (C=O) groups excluding carboxylic acids is 1. The first-order valence-electron chi connectivity index (χ1n) is 8.51. The third-order valence-electron chi connectivity index (χ3n) is 5.34. The fraction of sp³-hybridized carbons (Fsp3) is 0.579. The molecule has 0 aliphatic carbocycles. The SMILES string of the molecule is CC[N+]1(CC(=O)Cc2c(C)cccc2C)CCCC(C(=O)O)C1. The van der Waals surface area contributed by atoms with Crippen LogP contribution in [0.15, 0.2) is 18.2 Å². The maximum Gasteiger partial charge on any atom is 0.312 e. The molecule has 1 saturated heterocycles. The predicted octanol–water partition coefficient (Wildman–Crippen LogP) is 2.75. The zero-order valence-corrected chi connectivity index (χ0v) is 14.5. The number of likely N-dealkylation sites (N-methyl/N-ethyl adjacent to an activating group) is 1. The number of aryl methyl sites for hydroxylation is 2. The number of carboxylic acid groups (broad SMARTS) is 1. The summed E-state index contributed by atoms with van der Waals surface area (Å²) in [7, 11) is 0. The molecule has 2 atom stereocenters. The number of ketones is 1. The number of rotatable bonds is 6. The lowest BCUT2D eigenvalue weighted by molar-refractivity contribution is -0.925. The van der Waals surface area contributed by atoms with E-state index in [9.17, 15) is 14.7 Å². The predicted molar refractivity (Wildman–Crippen MR) is 90.4 cm³/mol. The van der Waals surface area contributed by atoms with Gasteiger partial charge < -0.3 is 9.59 Å². The Hall–Kier alpha value is -1.68. The largest absolute Gasteiger partial charge is 0.481 e. The van der Waals surface area contributed by atoms with E-state index < -0.39 is 5.97 Å². The normalized spacial score (nSPS) is 24.4. The van der Waals surface area contributed by atoms with Crippen molar-refractivity contribution in [1.82, 2.24) is 0 Å². The van der Waals surface area contributed by atoms with Gasteiger partial charge in [-0.1, -0.05) is 18.2 Å². The molecule has 0 amide bonds. The van der Waals surface area contributed by atoms with Crippen molar-refractivity contribution in [2.45, 2.75) is 40.0 Å². The minimum atomic E-state index is -0.720. The van der Waals surface area contributed by atoms with Gasteiger partial charge in [0, 0.05) is 6.42 Å². The fourth-order valence-electron chi connectivity index (χ4n) is 3.82. The quantitative estimate of drug-likeness (QED) is 0.821. The lowest BCUT2D eigenvalue weighted by atomic mass is 9.93. The molecule has 2 rings (SSSR count). The highest BCUT2D eigenvalue weighted by molar-refractivity contribution is 5.82. The van der Waals surface area contributed by atoms with Crippen LogP contribution in [0.25, 0.3) is 0 Å². The van der Waals surface area contributed by atoms with Gasteiger partial charge in [-0.25, -0.2) is 0 Å². The zero-order valence-electron chi connectivity index (χ0n) is 14.5. The summed E-state index contributed by atoms with van der Waals surface area (Å²) in [6.45, 7) is 8.93. The summed E-state index contributed by atoms with van der Waals surface area (Å²) < 4.78 is 0.626. The van der Waals surface area contributed by atoms with E-state index >= 15 is 0 Å². The van der Waals surface area contributed by atoms with Gasteiger partial charge in [-0.3, -0.25) is 9.59 Å². The van der Waals surface area contributed by atoms with Crippen molar-refractivity contribution >= 4 is 11.8 Å². The molecule has 0 bridgehead atoms. The van der Waals surface area contributed by atoms with Gasteiger partial charge in [0.25, 0.3) is 0 Å². The van der Waals surface area contributed by atoms with Crippen LogP contribution in [-0.4, -0.2) is 47.5 Å². The monoisotopic (exact) mass is 318 g/mol. The van der Waals surface area contributed by atoms with Crippen LogP contribution in [0.5, 0.6) is 0 Å². The second kappa shape index (κ2) is 7.26. The van der Waals surface area contributed by atoms with Crippen LogP contribution in [0.2, 0.25) is 0 Å². The zero-order chi connectivity index (χ0) is 17.0. The van der Waals surface area contributed by atoms with Gasteiger partial charge in [-0.05, 0) is 50.3 Å². The number of nitrogens with zero attached hydrogens (tertiary/aromatic N) is 1. The van der Waals surface area contributed by atoms with E-state index in [2.05, 4.69) is 6.92 Å². The molecule has 1 aromatic rings. The number of hydrogen-bond donors (Lipinski definition) is 1. The number of carboxylic acids is 1. The molecule has 2 unspecified atom stereocenters. The summed E-state index contributed by atoms with van der Waals surface area (Å²) in [5, 5.41) is 9.31. The van der Waals surface area contributed by atoms with E-state index in [1.807, 2.05) is 32.0 Å². The Morgan fingerprint density at radius 2 is 1.91 bits per heavy atom. The number of hydrogen-bond acceptors (Lipinski definition) is 2. The highest BCUT2D eigenvalue weighted by Crippen LogP contribution is 2.24. The van der Waals surface area contributed by atoms with Crippen molar-refractivity contribution in [1.29, 1.82) is 0 Å². The summed E-state index contributed by atoms with van der Waals surface area (Å²) in [4.78, 5) is 24.0. The van der Waals surface area contributed by atoms with Gasteiger partial charge in [-0.2, -0.15) is 0 Å². The molecule has 0 radical (unpaired) electrons. The Morgan fingerprint density at radius 3 is 2.48 bits per heavy atom. The molecule has 0 saturated carbocycles. The first-order chi connectivity index (χ1) is 10.9. The minimum absolute atomic E-state index is 0.218. The third kappa shape index (κ3) is 4.20. The minimum Gasteiger partial charge on any atom is -0.481 e. The first kappa shape index (κ1) is 17.7. The molecule has 1 fully saturated rings. The van der Waals surface area contributed by atoms with Gasteiger partial charge in [0.15, 0.2) is 5.78 Å². The van der Waals surface area contributed by atoms with E-state index in [0.717, 1.165) is 42.6 Å². The number of quaternary nitrogens is 1. The van der Waals surface area contributed by atoms with E-state index in [-0.39, 0.29) is 11.7 Å². The Kier molecular flexibility index (Phi) is 5.58. The first-order valence-corrected chi connectivity index (χ1v) is 8.51. The summed E-state index contributed by atoms with van der Waals surface area (Å²) in [5.41, 5.74) is 3.44. The Balaban J connectivity index is 2.09. The Bertz CT molecular complexity index is 576. The van der Waals surface area contributed by atoms with E-state index in [1.165, 1.54) is 0 Å². The van der Waals surface area contributed by atoms with Crippen LogP contribution in [0, 0.1) is 19.8 Å². The van der Waals surface area contributed by atoms with E-state index in [0.29, 0.717) is 24.0 Å². The van der Waals surface area contributed by atoms with E-state index in [1.54, 1.807) is 0 Å². The topological polar surface area (TPSA) is 54.4 Å². The summed E-state index contributed by atoms with van der Waals surface area (Å²) in [6, 6.07) is 6.10. The third-order valence-corrected chi connectivity index (χ3v) is 5.34. The van der Waals surface area contributed by atoms with Crippen LogP contribution >= 0.6 is 0 Å². The van der Waals surface area contributed by atoms with Gasteiger partial charge >= 0.3 is 5.97 Å². The summed E-state index contributed by atoms with van der Waals surface area (Å²) in [5.74, 6) is -0.810. The van der Waals surface area contributed by atoms with Gasteiger partial charge in [0.05, 0.1) is 19.6 Å². The maximum atomic E-state index is 12.7. The molecular formula is C19H28NO3+. The number of aliphatic carboxylic acids is 1. The second-order valence-electron chi connectivity index (χ2n) is 6.99. The number of Topliss-reactive ketones (excluding diaryl/α,β-unsaturated/α-hetero) is 1. The maximum absolute atomic E-state index is 12.7. The average molecular weight is 318 g/mol. The van der Waals surface area contributed by atoms with Crippen molar-refractivity contribution in [3.8, 4) is 0 Å². The van der Waals surface area contributed by atoms with Crippen molar-refractivity contribution in [3.05, 3.63) is 34.9 Å². The average Bonchev–Trinajstić information content (AvgIpc) is 2.51. The van der Waals surface area contributed by atoms with Crippen molar-refractivity contribution < 1.29 is 19.2 Å². The number of likely N-dealkylation sites (tertiary alicyclic amines) is 1. The van der Waals surface area contributed by atoms with Crippen LogP contribution in [0.1, 0.15) is 36.5 Å². The van der Waals surface area contributed by atoms with Crippen molar-refractivity contribution in [2.24, 2.45) is 5.92 Å². The standard InChI is InChI=1S/C19H27NO3/c1-4-20(10-6-9-16(12-20)19(22)23)13-17(21)11-18-14(2)7-5-8-15(18)3/h5,7-8,16H,4,6,9-13H2,1-3H3/p+1. The van der Waals surface area contributed by atoms with Crippen LogP contribution in [-0.2, 0) is 16.0 Å². The Morgan fingerprint density at radius 1 is 1.26 bits per heavy atom. The van der Waals surface area contributed by atoms with Crippen LogP contribution in [0.4, 0.5) is 0 Å². The van der Waals surface area contributed by atoms with Gasteiger partial charge in [0.1, 0.15) is 12.5 Å². The summed E-state index contributed by atoms with van der Waals surface area (Å²) in [6.07, 6.45) is 2.08. The summed E-state index contributed by atoms with van der Waals surface area (Å²) >= 11 is 0. The molecule has 0 aromatic heterocycles. The molecule has 1 heterocycles. The van der Waals surface area contributed by atoms with Crippen molar-refractivity contribution in [3.63, 3.8) is 0 Å². The van der Waals surface area contributed by atoms with Crippen LogP contribution < -0.4 is 0 Å². The van der Waals surface area contributed by atoms with Gasteiger partial charge in [0.2, 0.25) is 0 Å². The molecular weight excluding hydrogens is 290 g/mol. The lowest BCUT2D eigenvalue weighted by Gasteiger charge is -2.42. The van der Waals surface area contributed by atoms with E-state index in [4.69, 9.17) is 0 Å². The fourth-order valence-corrected chi connectivity index (χ4v) is 3.82.